The third-order valence-electron chi connectivity index (χ3n) is 3.75. The molecule has 1 aliphatic rings. The van der Waals surface area contributed by atoms with E-state index in [4.69, 9.17) is 0 Å². The van der Waals surface area contributed by atoms with Crippen molar-refractivity contribution < 1.29 is 5.11 Å². The Morgan fingerprint density at radius 3 is 2.65 bits per heavy atom. The van der Waals surface area contributed by atoms with Gasteiger partial charge in [-0.25, -0.2) is 0 Å². The molecule has 0 bridgehead atoms. The number of β-amino-alcohol motifs (C(OH)–C–C–N with tert-alkyl or cyclic N) is 1. The average Bonchev–Trinajstić information content (AvgIpc) is 3.07. The SMILES string of the molecule is CC(C)c1nnc(N2CC[C@](O)(c3ccccc3)C2)s1. The molecule has 0 spiro atoms. The maximum Gasteiger partial charge on any atom is 0.208 e. The van der Waals surface area contributed by atoms with Crippen LogP contribution in [-0.4, -0.2) is 28.4 Å². The Labute approximate surface area is 123 Å². The first-order valence-corrected chi connectivity index (χ1v) is 7.76. The number of aromatic nitrogens is 2. The zero-order valence-electron chi connectivity index (χ0n) is 11.8. The van der Waals surface area contributed by atoms with Gasteiger partial charge in [0.15, 0.2) is 0 Å². The average molecular weight is 289 g/mol. The number of rotatable bonds is 3. The number of aliphatic hydroxyl groups is 1. The predicted octanol–water partition coefficient (Wildman–Crippen LogP) is 2.76. The molecule has 3 rings (SSSR count). The quantitative estimate of drug-likeness (QED) is 0.944. The summed E-state index contributed by atoms with van der Waals surface area (Å²) in [6, 6.07) is 9.89. The van der Waals surface area contributed by atoms with Gasteiger partial charge in [-0.2, -0.15) is 0 Å². The molecule has 1 fully saturated rings. The molecule has 1 aliphatic heterocycles. The largest absolute Gasteiger partial charge is 0.383 e. The van der Waals surface area contributed by atoms with Gasteiger partial charge in [0, 0.05) is 12.5 Å². The van der Waals surface area contributed by atoms with Gasteiger partial charge in [0.1, 0.15) is 10.6 Å². The molecule has 20 heavy (non-hydrogen) atoms. The summed E-state index contributed by atoms with van der Waals surface area (Å²) in [6.45, 7) is 5.64. The van der Waals surface area contributed by atoms with E-state index >= 15 is 0 Å². The van der Waals surface area contributed by atoms with Crippen LogP contribution in [-0.2, 0) is 5.60 Å². The lowest BCUT2D eigenvalue weighted by Crippen LogP contribution is -2.30. The van der Waals surface area contributed by atoms with E-state index in [9.17, 15) is 5.11 Å². The van der Waals surface area contributed by atoms with E-state index in [1.165, 1.54) is 0 Å². The van der Waals surface area contributed by atoms with E-state index in [1.54, 1.807) is 11.3 Å². The Balaban J connectivity index is 1.79. The van der Waals surface area contributed by atoms with Gasteiger partial charge in [-0.1, -0.05) is 55.5 Å². The second kappa shape index (κ2) is 5.14. The molecule has 0 unspecified atom stereocenters. The van der Waals surface area contributed by atoms with Gasteiger partial charge in [0.05, 0.1) is 6.54 Å². The van der Waals surface area contributed by atoms with Crippen molar-refractivity contribution in [2.24, 2.45) is 0 Å². The molecule has 2 aromatic rings. The number of nitrogens with zero attached hydrogens (tertiary/aromatic N) is 3. The third kappa shape index (κ3) is 2.43. The highest BCUT2D eigenvalue weighted by atomic mass is 32.1. The Hall–Kier alpha value is -1.46. The van der Waals surface area contributed by atoms with Crippen LogP contribution < -0.4 is 4.90 Å². The molecule has 1 N–H and O–H groups in total. The van der Waals surface area contributed by atoms with Crippen molar-refractivity contribution in [1.82, 2.24) is 10.2 Å². The second-order valence-electron chi connectivity index (χ2n) is 5.65. The van der Waals surface area contributed by atoms with Gasteiger partial charge < -0.3 is 10.0 Å². The minimum Gasteiger partial charge on any atom is -0.383 e. The van der Waals surface area contributed by atoms with Crippen molar-refractivity contribution in [3.63, 3.8) is 0 Å². The first-order chi connectivity index (χ1) is 9.58. The number of hydrogen-bond acceptors (Lipinski definition) is 5. The van der Waals surface area contributed by atoms with Crippen molar-refractivity contribution in [3.05, 3.63) is 40.9 Å². The smallest absolute Gasteiger partial charge is 0.208 e. The molecule has 2 heterocycles. The van der Waals surface area contributed by atoms with Crippen molar-refractivity contribution in [3.8, 4) is 0 Å². The van der Waals surface area contributed by atoms with Crippen molar-refractivity contribution in [2.45, 2.75) is 31.8 Å². The Morgan fingerprint density at radius 2 is 2.00 bits per heavy atom. The van der Waals surface area contributed by atoms with E-state index in [0.29, 0.717) is 12.5 Å². The van der Waals surface area contributed by atoms with Crippen LogP contribution in [0.2, 0.25) is 0 Å². The summed E-state index contributed by atoms with van der Waals surface area (Å²) < 4.78 is 0. The maximum absolute atomic E-state index is 10.8. The molecule has 1 saturated heterocycles. The van der Waals surface area contributed by atoms with E-state index in [0.717, 1.165) is 28.7 Å². The lowest BCUT2D eigenvalue weighted by molar-refractivity contribution is 0.0607. The van der Waals surface area contributed by atoms with Gasteiger partial charge in [0.2, 0.25) is 5.13 Å². The number of benzene rings is 1. The molecule has 0 amide bonds. The molecular weight excluding hydrogens is 270 g/mol. The van der Waals surface area contributed by atoms with Crippen LogP contribution in [0.3, 0.4) is 0 Å². The normalized spacial score (nSPS) is 22.7. The summed E-state index contributed by atoms with van der Waals surface area (Å²) in [4.78, 5) is 2.14. The first-order valence-electron chi connectivity index (χ1n) is 6.95. The van der Waals surface area contributed by atoms with Crippen molar-refractivity contribution in [2.75, 3.05) is 18.0 Å². The summed E-state index contributed by atoms with van der Waals surface area (Å²) in [5.41, 5.74) is 0.210. The Morgan fingerprint density at radius 1 is 1.25 bits per heavy atom. The third-order valence-corrected chi connectivity index (χ3v) is 5.04. The van der Waals surface area contributed by atoms with Crippen LogP contribution in [0.5, 0.6) is 0 Å². The van der Waals surface area contributed by atoms with Crippen LogP contribution in [0.1, 0.15) is 36.8 Å². The van der Waals surface area contributed by atoms with Gasteiger partial charge in [-0.15, -0.1) is 10.2 Å². The lowest BCUT2D eigenvalue weighted by Gasteiger charge is -2.23. The highest BCUT2D eigenvalue weighted by molar-refractivity contribution is 7.15. The van der Waals surface area contributed by atoms with E-state index in [-0.39, 0.29) is 0 Å². The minimum absolute atomic E-state index is 0.400. The lowest BCUT2D eigenvalue weighted by atomic mass is 9.93. The fourth-order valence-corrected chi connectivity index (χ4v) is 3.40. The van der Waals surface area contributed by atoms with E-state index in [1.807, 2.05) is 30.3 Å². The standard InChI is InChI=1S/C15H19N3OS/c1-11(2)13-16-17-14(20-13)18-9-8-15(19,10-18)12-6-4-3-5-7-12/h3-7,11,19H,8-10H2,1-2H3/t15-/m1/s1. The van der Waals surface area contributed by atoms with Gasteiger partial charge in [-0.3, -0.25) is 0 Å². The van der Waals surface area contributed by atoms with Gasteiger partial charge in [0.25, 0.3) is 0 Å². The minimum atomic E-state index is -0.773. The monoisotopic (exact) mass is 289 g/mol. The highest BCUT2D eigenvalue weighted by Gasteiger charge is 2.38. The maximum atomic E-state index is 10.8. The first kappa shape index (κ1) is 13.5. The summed E-state index contributed by atoms with van der Waals surface area (Å²) in [7, 11) is 0. The molecule has 1 aromatic carbocycles. The van der Waals surface area contributed by atoms with E-state index < -0.39 is 5.60 Å². The second-order valence-corrected chi connectivity index (χ2v) is 6.63. The molecule has 0 radical (unpaired) electrons. The Bertz CT molecular complexity index is 584. The van der Waals surface area contributed by atoms with Gasteiger partial charge >= 0.3 is 0 Å². The summed E-state index contributed by atoms with van der Waals surface area (Å²) >= 11 is 1.63. The molecule has 5 heteroatoms. The molecule has 0 saturated carbocycles. The molecule has 1 atom stereocenters. The summed E-state index contributed by atoms with van der Waals surface area (Å²) in [5, 5.41) is 21.3. The number of anilines is 1. The summed E-state index contributed by atoms with van der Waals surface area (Å²) in [5.74, 6) is 0.400. The van der Waals surface area contributed by atoms with Crippen LogP contribution in [0.15, 0.2) is 30.3 Å². The van der Waals surface area contributed by atoms with Crippen molar-refractivity contribution >= 4 is 16.5 Å². The van der Waals surface area contributed by atoms with Crippen molar-refractivity contribution in [1.29, 1.82) is 0 Å². The molecule has 4 nitrogen and oxygen atoms in total. The number of hydrogen-bond donors (Lipinski definition) is 1. The zero-order chi connectivity index (χ0) is 14.2. The van der Waals surface area contributed by atoms with Gasteiger partial charge in [-0.05, 0) is 12.0 Å². The van der Waals surface area contributed by atoms with Crippen LogP contribution in [0.4, 0.5) is 5.13 Å². The molecule has 1 aromatic heterocycles. The van der Waals surface area contributed by atoms with Crippen LogP contribution in [0, 0.1) is 0 Å². The molecular formula is C15H19N3OS. The zero-order valence-corrected chi connectivity index (χ0v) is 12.6. The molecule has 106 valence electrons. The Kier molecular flexibility index (Phi) is 3.48. The fraction of sp³-hybridized carbons (Fsp3) is 0.467. The topological polar surface area (TPSA) is 49.2 Å². The van der Waals surface area contributed by atoms with Crippen LogP contribution >= 0.6 is 11.3 Å². The fourth-order valence-electron chi connectivity index (χ4n) is 2.53. The highest BCUT2D eigenvalue weighted by Crippen LogP contribution is 2.36. The summed E-state index contributed by atoms with van der Waals surface area (Å²) in [6.07, 6.45) is 0.730. The predicted molar refractivity (Wildman–Crippen MR) is 81.2 cm³/mol. The molecule has 0 aliphatic carbocycles. The van der Waals surface area contributed by atoms with E-state index in [2.05, 4.69) is 28.9 Å². The van der Waals surface area contributed by atoms with Crippen LogP contribution in [0.25, 0.3) is 0 Å².